The number of carboxylic acid groups (broad SMARTS) is 1. The topological polar surface area (TPSA) is 86.7 Å². The summed E-state index contributed by atoms with van der Waals surface area (Å²) < 4.78 is 0. The smallest absolute Gasteiger partial charge is 0.303 e. The van der Waals surface area contributed by atoms with Gasteiger partial charge in [-0.05, 0) is 25.2 Å². The van der Waals surface area contributed by atoms with Crippen molar-refractivity contribution in [1.29, 1.82) is 0 Å². The van der Waals surface area contributed by atoms with Gasteiger partial charge in [-0.1, -0.05) is 13.8 Å². The molecule has 0 aromatic carbocycles. The molecule has 1 heterocycles. The average Bonchev–Trinajstić information content (AvgIpc) is 2.44. The minimum Gasteiger partial charge on any atom is -0.481 e. The maximum absolute atomic E-state index is 12.1. The van der Waals surface area contributed by atoms with Gasteiger partial charge in [0, 0.05) is 32.5 Å². The van der Waals surface area contributed by atoms with Gasteiger partial charge in [0.05, 0.1) is 5.92 Å². The Bertz CT molecular complexity index is 384. The van der Waals surface area contributed by atoms with Gasteiger partial charge in [-0.2, -0.15) is 0 Å². The van der Waals surface area contributed by atoms with Gasteiger partial charge in [-0.15, -0.1) is 0 Å². The fraction of sp³-hybridized carbons (Fsp3) is 0.800. The highest BCUT2D eigenvalue weighted by atomic mass is 16.4. The molecule has 2 amide bonds. The molecule has 0 radical (unpaired) electrons. The van der Waals surface area contributed by atoms with Crippen molar-refractivity contribution >= 4 is 17.8 Å². The lowest BCUT2D eigenvalue weighted by atomic mass is 9.96. The monoisotopic (exact) mass is 298 g/mol. The predicted molar refractivity (Wildman–Crippen MR) is 78.6 cm³/mol. The van der Waals surface area contributed by atoms with E-state index < -0.39 is 5.97 Å². The van der Waals surface area contributed by atoms with Crippen LogP contribution in [0.15, 0.2) is 0 Å². The Morgan fingerprint density at radius 1 is 1.38 bits per heavy atom. The van der Waals surface area contributed by atoms with Crippen LogP contribution in [0.5, 0.6) is 0 Å². The highest BCUT2D eigenvalue weighted by Gasteiger charge is 2.28. The summed E-state index contributed by atoms with van der Waals surface area (Å²) in [5.41, 5.74) is 0. The number of carboxylic acids is 1. The van der Waals surface area contributed by atoms with Crippen molar-refractivity contribution in [1.82, 2.24) is 10.2 Å². The Morgan fingerprint density at radius 3 is 2.71 bits per heavy atom. The molecule has 2 unspecified atom stereocenters. The van der Waals surface area contributed by atoms with Crippen LogP contribution in [0.2, 0.25) is 0 Å². The van der Waals surface area contributed by atoms with Crippen LogP contribution in [0.25, 0.3) is 0 Å². The molecular formula is C15H26N2O4. The summed E-state index contributed by atoms with van der Waals surface area (Å²) in [6, 6.07) is 0. The number of nitrogens with one attached hydrogen (secondary N) is 1. The average molecular weight is 298 g/mol. The Hall–Kier alpha value is -1.59. The summed E-state index contributed by atoms with van der Waals surface area (Å²) in [7, 11) is 0. The molecule has 0 aromatic heterocycles. The summed E-state index contributed by atoms with van der Waals surface area (Å²) in [4.78, 5) is 36.4. The number of carbonyl (C=O) groups is 3. The standard InChI is InChI=1S/C15H26N2O4/c1-3-5-13(18)17-7-4-6-12(10-17)15(21)16-9-11(2)8-14(19)20/h11-12H,3-10H2,1-2H3,(H,16,21)(H,19,20). The number of aliphatic carboxylic acids is 1. The lowest BCUT2D eigenvalue weighted by molar-refractivity contribution is -0.139. The molecule has 0 aliphatic carbocycles. The first-order chi connectivity index (χ1) is 9.93. The molecular weight excluding hydrogens is 272 g/mol. The lowest BCUT2D eigenvalue weighted by Crippen LogP contribution is -2.46. The first kappa shape index (κ1) is 17.5. The number of likely N-dealkylation sites (tertiary alicyclic amines) is 1. The van der Waals surface area contributed by atoms with Gasteiger partial charge in [0.15, 0.2) is 0 Å². The molecule has 1 saturated heterocycles. The molecule has 1 aliphatic heterocycles. The van der Waals surface area contributed by atoms with E-state index in [1.807, 2.05) is 6.92 Å². The van der Waals surface area contributed by atoms with Gasteiger partial charge in [-0.3, -0.25) is 14.4 Å². The molecule has 6 heteroatoms. The zero-order valence-corrected chi connectivity index (χ0v) is 12.9. The number of carbonyl (C=O) groups excluding carboxylic acids is 2. The normalized spacial score (nSPS) is 19.9. The van der Waals surface area contributed by atoms with Crippen LogP contribution in [0.1, 0.15) is 46.0 Å². The Labute approximate surface area is 125 Å². The molecule has 2 N–H and O–H groups in total. The largest absolute Gasteiger partial charge is 0.481 e. The third-order valence-electron chi connectivity index (χ3n) is 3.76. The van der Waals surface area contributed by atoms with E-state index >= 15 is 0 Å². The van der Waals surface area contributed by atoms with Gasteiger partial charge in [-0.25, -0.2) is 0 Å². The molecule has 0 aromatic rings. The number of amides is 2. The van der Waals surface area contributed by atoms with Gasteiger partial charge in [0.1, 0.15) is 0 Å². The summed E-state index contributed by atoms with van der Waals surface area (Å²) in [6.07, 6.45) is 3.03. The summed E-state index contributed by atoms with van der Waals surface area (Å²) in [6.45, 7) is 5.35. The van der Waals surface area contributed by atoms with Crippen LogP contribution in [-0.4, -0.2) is 47.4 Å². The second kappa shape index (κ2) is 8.64. The summed E-state index contributed by atoms with van der Waals surface area (Å²) in [5.74, 6) is -1.06. The van der Waals surface area contributed by atoms with Crippen LogP contribution in [0.3, 0.4) is 0 Å². The van der Waals surface area contributed by atoms with Gasteiger partial charge in [0.25, 0.3) is 0 Å². The van der Waals surface area contributed by atoms with Crippen molar-refractivity contribution in [3.8, 4) is 0 Å². The van der Waals surface area contributed by atoms with E-state index in [1.54, 1.807) is 11.8 Å². The molecule has 21 heavy (non-hydrogen) atoms. The molecule has 1 fully saturated rings. The number of hydrogen-bond donors (Lipinski definition) is 2. The first-order valence-corrected chi connectivity index (χ1v) is 7.71. The quantitative estimate of drug-likeness (QED) is 0.740. The summed E-state index contributed by atoms with van der Waals surface area (Å²) in [5, 5.41) is 11.5. The van der Waals surface area contributed by atoms with Crippen molar-refractivity contribution in [2.45, 2.75) is 46.0 Å². The Kier molecular flexibility index (Phi) is 7.19. The van der Waals surface area contributed by atoms with Crippen molar-refractivity contribution in [2.24, 2.45) is 11.8 Å². The van der Waals surface area contributed by atoms with E-state index in [0.29, 0.717) is 19.5 Å². The van der Waals surface area contributed by atoms with Crippen LogP contribution < -0.4 is 5.32 Å². The van der Waals surface area contributed by atoms with E-state index in [2.05, 4.69) is 5.32 Å². The van der Waals surface area contributed by atoms with E-state index in [0.717, 1.165) is 25.8 Å². The number of nitrogens with zero attached hydrogens (tertiary/aromatic N) is 1. The summed E-state index contributed by atoms with van der Waals surface area (Å²) >= 11 is 0. The fourth-order valence-electron chi connectivity index (χ4n) is 2.58. The van der Waals surface area contributed by atoms with Crippen LogP contribution >= 0.6 is 0 Å². The van der Waals surface area contributed by atoms with Crippen LogP contribution in [0, 0.1) is 11.8 Å². The zero-order valence-electron chi connectivity index (χ0n) is 12.9. The van der Waals surface area contributed by atoms with Gasteiger partial charge < -0.3 is 15.3 Å². The molecule has 0 saturated carbocycles. The predicted octanol–water partition coefficient (Wildman–Crippen LogP) is 1.25. The maximum Gasteiger partial charge on any atom is 0.303 e. The molecule has 1 rings (SSSR count). The Morgan fingerprint density at radius 2 is 2.10 bits per heavy atom. The molecule has 1 aliphatic rings. The van der Waals surface area contributed by atoms with Crippen LogP contribution in [-0.2, 0) is 14.4 Å². The van der Waals surface area contributed by atoms with Gasteiger partial charge in [0.2, 0.25) is 11.8 Å². The SMILES string of the molecule is CCCC(=O)N1CCCC(C(=O)NCC(C)CC(=O)O)C1. The molecule has 2 atom stereocenters. The maximum atomic E-state index is 12.1. The van der Waals surface area contributed by atoms with E-state index in [9.17, 15) is 14.4 Å². The van der Waals surface area contributed by atoms with Crippen molar-refractivity contribution in [3.63, 3.8) is 0 Å². The van der Waals surface area contributed by atoms with Crippen LogP contribution in [0.4, 0.5) is 0 Å². The zero-order chi connectivity index (χ0) is 15.8. The van der Waals surface area contributed by atoms with Crippen molar-refractivity contribution in [3.05, 3.63) is 0 Å². The number of rotatable bonds is 7. The minimum atomic E-state index is -0.856. The second-order valence-corrected chi connectivity index (χ2v) is 5.88. The third kappa shape index (κ3) is 6.14. The van der Waals surface area contributed by atoms with Crippen molar-refractivity contribution in [2.75, 3.05) is 19.6 Å². The first-order valence-electron chi connectivity index (χ1n) is 7.71. The van der Waals surface area contributed by atoms with E-state index in [1.165, 1.54) is 0 Å². The fourth-order valence-corrected chi connectivity index (χ4v) is 2.58. The number of hydrogen-bond acceptors (Lipinski definition) is 3. The minimum absolute atomic E-state index is 0.0477. The Balaban J connectivity index is 2.39. The molecule has 0 bridgehead atoms. The van der Waals surface area contributed by atoms with Gasteiger partial charge >= 0.3 is 5.97 Å². The molecule has 120 valence electrons. The van der Waals surface area contributed by atoms with E-state index in [-0.39, 0.29) is 30.1 Å². The van der Waals surface area contributed by atoms with Crippen molar-refractivity contribution < 1.29 is 19.5 Å². The second-order valence-electron chi connectivity index (χ2n) is 5.88. The molecule has 6 nitrogen and oxygen atoms in total. The highest BCUT2D eigenvalue weighted by Crippen LogP contribution is 2.18. The lowest BCUT2D eigenvalue weighted by Gasteiger charge is -2.32. The van der Waals surface area contributed by atoms with E-state index in [4.69, 9.17) is 5.11 Å². The third-order valence-corrected chi connectivity index (χ3v) is 3.76. The molecule has 0 spiro atoms. The number of piperidine rings is 1. The highest BCUT2D eigenvalue weighted by molar-refractivity contribution is 5.81.